The van der Waals surface area contributed by atoms with Crippen molar-refractivity contribution in [1.82, 2.24) is 9.80 Å². The van der Waals surface area contributed by atoms with Gasteiger partial charge >= 0.3 is 5.97 Å². The van der Waals surface area contributed by atoms with Crippen LogP contribution in [0.3, 0.4) is 0 Å². The second-order valence-corrected chi connectivity index (χ2v) is 6.22. The molecule has 0 aromatic carbocycles. The number of nitrogens with zero attached hydrogens (tertiary/aromatic N) is 2. The lowest BCUT2D eigenvalue weighted by atomic mass is 9.88. The van der Waals surface area contributed by atoms with Gasteiger partial charge in [-0.05, 0) is 52.7 Å². The monoisotopic (exact) mass is 254 g/mol. The average Bonchev–Trinajstić information content (AvgIpc) is 2.60. The van der Waals surface area contributed by atoms with E-state index in [4.69, 9.17) is 0 Å². The molecule has 1 aliphatic heterocycles. The van der Waals surface area contributed by atoms with Crippen molar-refractivity contribution in [3.8, 4) is 0 Å². The van der Waals surface area contributed by atoms with Crippen molar-refractivity contribution in [2.45, 2.75) is 56.7 Å². The molecule has 2 rings (SSSR count). The first-order valence-electron chi connectivity index (χ1n) is 7.12. The molecule has 2 fully saturated rings. The molecule has 4 atom stereocenters. The molecule has 0 spiro atoms. The zero-order valence-corrected chi connectivity index (χ0v) is 11.8. The normalized spacial score (nSPS) is 38.2. The first-order valence-corrected chi connectivity index (χ1v) is 7.12. The largest absolute Gasteiger partial charge is 0.480 e. The van der Waals surface area contributed by atoms with Crippen LogP contribution in [0.2, 0.25) is 0 Å². The van der Waals surface area contributed by atoms with Gasteiger partial charge in [0.15, 0.2) is 0 Å². The zero-order chi connectivity index (χ0) is 13.3. The van der Waals surface area contributed by atoms with Gasteiger partial charge in [0.25, 0.3) is 0 Å². The maximum absolute atomic E-state index is 11.5. The van der Waals surface area contributed by atoms with Crippen LogP contribution in [0.15, 0.2) is 0 Å². The van der Waals surface area contributed by atoms with Crippen LogP contribution < -0.4 is 0 Å². The Labute approximate surface area is 110 Å². The summed E-state index contributed by atoms with van der Waals surface area (Å²) in [5.41, 5.74) is 0. The number of rotatable bonds is 2. The van der Waals surface area contributed by atoms with E-state index < -0.39 is 5.97 Å². The van der Waals surface area contributed by atoms with Gasteiger partial charge < -0.3 is 10.0 Å². The van der Waals surface area contributed by atoms with E-state index in [2.05, 4.69) is 23.9 Å². The van der Waals surface area contributed by atoms with E-state index in [9.17, 15) is 9.90 Å². The predicted octanol–water partition coefficient (Wildman–Crippen LogP) is 1.65. The molecule has 0 aromatic rings. The van der Waals surface area contributed by atoms with Crippen molar-refractivity contribution < 1.29 is 9.90 Å². The van der Waals surface area contributed by atoms with Crippen LogP contribution in [0.25, 0.3) is 0 Å². The van der Waals surface area contributed by atoms with Crippen LogP contribution in [0.1, 0.15) is 38.5 Å². The van der Waals surface area contributed by atoms with Crippen LogP contribution in [0.4, 0.5) is 0 Å². The van der Waals surface area contributed by atoms with Crippen molar-refractivity contribution in [3.05, 3.63) is 0 Å². The summed E-state index contributed by atoms with van der Waals surface area (Å²) >= 11 is 0. The summed E-state index contributed by atoms with van der Waals surface area (Å²) in [5, 5.41) is 9.46. The number of carboxylic acid groups (broad SMARTS) is 1. The number of hydrogen-bond donors (Lipinski definition) is 1. The van der Waals surface area contributed by atoms with Crippen LogP contribution >= 0.6 is 0 Å². The molecule has 2 bridgehead atoms. The van der Waals surface area contributed by atoms with Gasteiger partial charge in [-0.2, -0.15) is 0 Å². The Hall–Kier alpha value is -0.610. The average molecular weight is 254 g/mol. The van der Waals surface area contributed by atoms with E-state index in [1.807, 2.05) is 7.05 Å². The van der Waals surface area contributed by atoms with Crippen LogP contribution in [-0.4, -0.2) is 60.1 Å². The zero-order valence-electron chi connectivity index (χ0n) is 11.8. The van der Waals surface area contributed by atoms with E-state index in [-0.39, 0.29) is 6.04 Å². The van der Waals surface area contributed by atoms with Gasteiger partial charge in [0.1, 0.15) is 6.04 Å². The summed E-state index contributed by atoms with van der Waals surface area (Å²) in [5.74, 6) is 0.00914. The topological polar surface area (TPSA) is 43.8 Å². The highest BCUT2D eigenvalue weighted by Gasteiger charge is 2.40. The first-order chi connectivity index (χ1) is 8.50. The molecule has 2 aliphatic rings. The summed E-state index contributed by atoms with van der Waals surface area (Å²) in [6.07, 6.45) is 6.91. The van der Waals surface area contributed by atoms with E-state index in [1.165, 1.54) is 25.7 Å². The van der Waals surface area contributed by atoms with Crippen molar-refractivity contribution >= 4 is 5.97 Å². The van der Waals surface area contributed by atoms with Crippen LogP contribution in [-0.2, 0) is 4.79 Å². The van der Waals surface area contributed by atoms with E-state index in [0.29, 0.717) is 18.0 Å². The Bertz CT molecular complexity index is 306. The molecule has 1 N–H and O–H groups in total. The SMILES string of the molecule is CN(C)C1CC(C(=O)O)N(C)C2CCCCC1C2. The number of likely N-dealkylation sites (N-methyl/N-ethyl adjacent to an activating group) is 1. The summed E-state index contributed by atoms with van der Waals surface area (Å²) in [6.45, 7) is 0. The molecule has 0 amide bonds. The summed E-state index contributed by atoms with van der Waals surface area (Å²) in [4.78, 5) is 15.9. The number of likely N-dealkylation sites (tertiary alicyclic amines) is 1. The number of carbonyl (C=O) groups is 1. The Balaban J connectivity index is 2.26. The molecule has 4 unspecified atom stereocenters. The van der Waals surface area contributed by atoms with E-state index in [1.54, 1.807) is 0 Å². The standard InChI is InChI=1S/C14H26N2O2/c1-15(2)12-9-13(14(17)18)16(3)11-7-5-4-6-10(12)8-11/h10-13H,4-9H2,1-3H3,(H,17,18). The summed E-state index contributed by atoms with van der Waals surface area (Å²) < 4.78 is 0. The fourth-order valence-corrected chi connectivity index (χ4v) is 3.84. The summed E-state index contributed by atoms with van der Waals surface area (Å²) in [7, 11) is 6.19. The smallest absolute Gasteiger partial charge is 0.320 e. The molecule has 4 heteroatoms. The van der Waals surface area contributed by atoms with Gasteiger partial charge in [0.05, 0.1) is 0 Å². The lowest BCUT2D eigenvalue weighted by molar-refractivity contribution is -0.144. The molecule has 104 valence electrons. The second kappa shape index (κ2) is 5.57. The third-order valence-electron chi connectivity index (χ3n) is 4.96. The van der Waals surface area contributed by atoms with Gasteiger partial charge in [0, 0.05) is 12.1 Å². The minimum Gasteiger partial charge on any atom is -0.480 e. The summed E-state index contributed by atoms with van der Waals surface area (Å²) in [6, 6.07) is 0.561. The Morgan fingerprint density at radius 3 is 2.50 bits per heavy atom. The first kappa shape index (κ1) is 13.8. The highest BCUT2D eigenvalue weighted by atomic mass is 16.4. The molecular weight excluding hydrogens is 228 g/mol. The molecule has 1 saturated carbocycles. The number of aliphatic carboxylic acids is 1. The predicted molar refractivity (Wildman–Crippen MR) is 71.6 cm³/mol. The van der Waals surface area contributed by atoms with Crippen LogP contribution in [0.5, 0.6) is 0 Å². The Morgan fingerprint density at radius 1 is 1.22 bits per heavy atom. The molecule has 1 saturated heterocycles. The fourth-order valence-electron chi connectivity index (χ4n) is 3.84. The Kier molecular flexibility index (Phi) is 4.28. The molecule has 4 nitrogen and oxygen atoms in total. The van der Waals surface area contributed by atoms with Crippen LogP contribution in [0, 0.1) is 5.92 Å². The van der Waals surface area contributed by atoms with Gasteiger partial charge in [-0.1, -0.05) is 12.8 Å². The third-order valence-corrected chi connectivity index (χ3v) is 4.96. The minimum absolute atomic E-state index is 0.314. The lowest BCUT2D eigenvalue weighted by Gasteiger charge is -2.32. The number of hydrogen-bond acceptors (Lipinski definition) is 3. The molecule has 1 heterocycles. The van der Waals surface area contributed by atoms with Crippen molar-refractivity contribution in [2.24, 2.45) is 5.92 Å². The van der Waals surface area contributed by atoms with Crippen molar-refractivity contribution in [1.29, 1.82) is 0 Å². The fraction of sp³-hybridized carbons (Fsp3) is 0.929. The molecule has 1 aliphatic carbocycles. The Morgan fingerprint density at radius 2 is 1.89 bits per heavy atom. The van der Waals surface area contributed by atoms with Gasteiger partial charge in [-0.25, -0.2) is 0 Å². The van der Waals surface area contributed by atoms with Gasteiger partial charge in [-0.15, -0.1) is 0 Å². The maximum Gasteiger partial charge on any atom is 0.320 e. The van der Waals surface area contributed by atoms with E-state index >= 15 is 0 Å². The highest BCUT2D eigenvalue weighted by molar-refractivity contribution is 5.73. The minimum atomic E-state index is -0.657. The lowest BCUT2D eigenvalue weighted by Crippen LogP contribution is -2.45. The van der Waals surface area contributed by atoms with Gasteiger partial charge in [-0.3, -0.25) is 9.69 Å². The number of fused-ring (bicyclic) bond motifs is 2. The van der Waals surface area contributed by atoms with Crippen molar-refractivity contribution in [2.75, 3.05) is 21.1 Å². The maximum atomic E-state index is 11.5. The quantitative estimate of drug-likeness (QED) is 0.814. The molecular formula is C14H26N2O2. The van der Waals surface area contributed by atoms with Crippen molar-refractivity contribution in [3.63, 3.8) is 0 Å². The second-order valence-electron chi connectivity index (χ2n) is 6.22. The molecule has 0 aromatic heterocycles. The highest BCUT2D eigenvalue weighted by Crippen LogP contribution is 2.36. The molecule has 0 radical (unpaired) electrons. The third kappa shape index (κ3) is 2.69. The van der Waals surface area contributed by atoms with Gasteiger partial charge in [0.2, 0.25) is 0 Å². The molecule has 18 heavy (non-hydrogen) atoms. The number of carboxylic acids is 1. The van der Waals surface area contributed by atoms with E-state index in [0.717, 1.165) is 12.8 Å².